The molecule has 0 radical (unpaired) electrons. The predicted molar refractivity (Wildman–Crippen MR) is 82.6 cm³/mol. The number of carbonyl (C=O) groups is 2. The van der Waals surface area contributed by atoms with Crippen LogP contribution in [0.25, 0.3) is 0 Å². The third-order valence-electron chi connectivity index (χ3n) is 3.02. The monoisotopic (exact) mass is 299 g/mol. The minimum absolute atomic E-state index is 0.0222. The number of hydrogen-bond acceptors (Lipinski definition) is 4. The van der Waals surface area contributed by atoms with Crippen molar-refractivity contribution in [3.8, 4) is 0 Å². The van der Waals surface area contributed by atoms with Gasteiger partial charge >= 0.3 is 0 Å². The maximum atomic E-state index is 12.2. The minimum atomic E-state index is -0.228. The summed E-state index contributed by atoms with van der Waals surface area (Å²) in [4.78, 5) is 28.7. The summed E-state index contributed by atoms with van der Waals surface area (Å²) in [5.41, 5.74) is 1.83. The molecule has 2 amide bonds. The van der Waals surface area contributed by atoms with E-state index in [-0.39, 0.29) is 11.8 Å². The SMILES string of the molecule is O=C1CCSc2ccc(C(=O)Nc3cccnc3)cc2N1. The Morgan fingerprint density at radius 1 is 1.33 bits per heavy atom. The largest absolute Gasteiger partial charge is 0.325 e. The second-order valence-corrected chi connectivity index (χ2v) is 5.69. The van der Waals surface area contributed by atoms with Gasteiger partial charge in [-0.25, -0.2) is 0 Å². The van der Waals surface area contributed by atoms with Gasteiger partial charge in [0.1, 0.15) is 0 Å². The van der Waals surface area contributed by atoms with Gasteiger partial charge in [0.05, 0.1) is 17.6 Å². The number of hydrogen-bond donors (Lipinski definition) is 2. The predicted octanol–water partition coefficient (Wildman–Crippen LogP) is 2.77. The first-order chi connectivity index (χ1) is 10.2. The number of amides is 2. The van der Waals surface area contributed by atoms with Gasteiger partial charge in [-0.3, -0.25) is 14.6 Å². The van der Waals surface area contributed by atoms with Crippen LogP contribution in [0.15, 0.2) is 47.6 Å². The summed E-state index contributed by atoms with van der Waals surface area (Å²) in [5.74, 6) is 0.500. The molecule has 0 saturated carbocycles. The van der Waals surface area contributed by atoms with E-state index in [1.54, 1.807) is 48.4 Å². The smallest absolute Gasteiger partial charge is 0.255 e. The average Bonchev–Trinajstić information content (AvgIpc) is 2.68. The van der Waals surface area contributed by atoms with Crippen LogP contribution >= 0.6 is 11.8 Å². The number of rotatable bonds is 2. The third-order valence-corrected chi connectivity index (χ3v) is 4.10. The van der Waals surface area contributed by atoms with Gasteiger partial charge in [0.25, 0.3) is 5.91 Å². The van der Waals surface area contributed by atoms with Crippen molar-refractivity contribution in [3.63, 3.8) is 0 Å². The zero-order valence-electron chi connectivity index (χ0n) is 11.1. The second kappa shape index (κ2) is 5.97. The number of pyridine rings is 1. The average molecular weight is 299 g/mol. The van der Waals surface area contributed by atoms with Gasteiger partial charge in [-0.1, -0.05) is 0 Å². The van der Waals surface area contributed by atoms with Crippen molar-refractivity contribution in [2.24, 2.45) is 0 Å². The molecule has 6 heteroatoms. The Labute approximate surface area is 126 Å². The van der Waals surface area contributed by atoms with Gasteiger partial charge in [-0.05, 0) is 30.3 Å². The van der Waals surface area contributed by atoms with Crippen LogP contribution in [0.3, 0.4) is 0 Å². The minimum Gasteiger partial charge on any atom is -0.325 e. The molecule has 2 aromatic rings. The first kappa shape index (κ1) is 13.6. The molecule has 3 rings (SSSR count). The first-order valence-corrected chi connectivity index (χ1v) is 7.49. The van der Waals surface area contributed by atoms with Crippen LogP contribution in [-0.2, 0) is 4.79 Å². The van der Waals surface area contributed by atoms with Gasteiger partial charge in [-0.2, -0.15) is 0 Å². The highest BCUT2D eigenvalue weighted by molar-refractivity contribution is 7.99. The molecular formula is C15H13N3O2S. The van der Waals surface area contributed by atoms with Gasteiger partial charge in [-0.15, -0.1) is 11.8 Å². The number of benzene rings is 1. The van der Waals surface area contributed by atoms with E-state index in [1.807, 2.05) is 6.07 Å². The summed E-state index contributed by atoms with van der Waals surface area (Å²) < 4.78 is 0. The van der Waals surface area contributed by atoms with Gasteiger partial charge in [0.15, 0.2) is 0 Å². The van der Waals surface area contributed by atoms with Crippen molar-refractivity contribution < 1.29 is 9.59 Å². The van der Waals surface area contributed by atoms with Crippen LogP contribution in [0.4, 0.5) is 11.4 Å². The van der Waals surface area contributed by atoms with E-state index in [4.69, 9.17) is 0 Å². The zero-order valence-corrected chi connectivity index (χ0v) is 11.9. The second-order valence-electron chi connectivity index (χ2n) is 4.55. The van der Waals surface area contributed by atoms with E-state index < -0.39 is 0 Å². The fraction of sp³-hybridized carbons (Fsp3) is 0.133. The summed E-state index contributed by atoms with van der Waals surface area (Å²) in [6.07, 6.45) is 3.71. The Balaban J connectivity index is 1.83. The van der Waals surface area contributed by atoms with Crippen LogP contribution in [0.2, 0.25) is 0 Å². The third kappa shape index (κ3) is 3.22. The molecule has 0 atom stereocenters. The molecule has 0 aliphatic carbocycles. The summed E-state index contributed by atoms with van der Waals surface area (Å²) >= 11 is 1.61. The molecule has 0 spiro atoms. The molecule has 1 aliphatic heterocycles. The van der Waals surface area contributed by atoms with Crippen molar-refractivity contribution in [1.82, 2.24) is 4.98 Å². The van der Waals surface area contributed by atoms with Crippen molar-refractivity contribution in [2.75, 3.05) is 16.4 Å². The van der Waals surface area contributed by atoms with E-state index in [9.17, 15) is 9.59 Å². The topological polar surface area (TPSA) is 71.1 Å². The summed E-state index contributed by atoms with van der Waals surface area (Å²) in [6.45, 7) is 0. The van der Waals surface area contributed by atoms with E-state index in [2.05, 4.69) is 15.6 Å². The Morgan fingerprint density at radius 2 is 2.24 bits per heavy atom. The number of anilines is 2. The van der Waals surface area contributed by atoms with E-state index in [0.717, 1.165) is 10.6 Å². The van der Waals surface area contributed by atoms with Crippen molar-refractivity contribution in [1.29, 1.82) is 0 Å². The molecule has 0 unspecified atom stereocenters. The molecule has 21 heavy (non-hydrogen) atoms. The van der Waals surface area contributed by atoms with Crippen LogP contribution in [-0.4, -0.2) is 22.6 Å². The molecule has 2 heterocycles. The van der Waals surface area contributed by atoms with Crippen molar-refractivity contribution in [2.45, 2.75) is 11.3 Å². The van der Waals surface area contributed by atoms with Crippen LogP contribution in [0.1, 0.15) is 16.8 Å². The molecule has 2 N–H and O–H groups in total. The number of nitrogens with zero attached hydrogens (tertiary/aromatic N) is 1. The normalized spacial score (nSPS) is 13.8. The van der Waals surface area contributed by atoms with Gasteiger partial charge in [0, 0.05) is 28.8 Å². The molecule has 1 aliphatic rings. The zero-order chi connectivity index (χ0) is 14.7. The van der Waals surface area contributed by atoms with Crippen molar-refractivity contribution in [3.05, 3.63) is 48.3 Å². The molecule has 0 fully saturated rings. The lowest BCUT2D eigenvalue weighted by atomic mass is 10.2. The highest BCUT2D eigenvalue weighted by atomic mass is 32.2. The Morgan fingerprint density at radius 3 is 3.05 bits per heavy atom. The lowest BCUT2D eigenvalue weighted by Gasteiger charge is -2.09. The first-order valence-electron chi connectivity index (χ1n) is 6.50. The van der Waals surface area contributed by atoms with Crippen LogP contribution < -0.4 is 10.6 Å². The Kier molecular flexibility index (Phi) is 3.87. The lowest BCUT2D eigenvalue weighted by molar-refractivity contribution is -0.115. The Hall–Kier alpha value is -2.34. The Bertz CT molecular complexity index is 689. The summed E-state index contributed by atoms with van der Waals surface area (Å²) in [5, 5.41) is 5.60. The molecule has 0 bridgehead atoms. The van der Waals surface area contributed by atoms with Gasteiger partial charge < -0.3 is 10.6 Å². The maximum absolute atomic E-state index is 12.2. The fourth-order valence-corrected chi connectivity index (χ4v) is 2.94. The van der Waals surface area contributed by atoms with E-state index in [1.165, 1.54) is 0 Å². The quantitative estimate of drug-likeness (QED) is 0.894. The van der Waals surface area contributed by atoms with Crippen molar-refractivity contribution >= 4 is 35.0 Å². The maximum Gasteiger partial charge on any atom is 0.255 e. The highest BCUT2D eigenvalue weighted by Crippen LogP contribution is 2.31. The van der Waals surface area contributed by atoms with E-state index in [0.29, 0.717) is 23.4 Å². The molecule has 1 aromatic heterocycles. The number of nitrogens with one attached hydrogen (secondary N) is 2. The van der Waals surface area contributed by atoms with E-state index >= 15 is 0 Å². The lowest BCUT2D eigenvalue weighted by Crippen LogP contribution is -2.14. The molecule has 1 aromatic carbocycles. The molecule has 106 valence electrons. The highest BCUT2D eigenvalue weighted by Gasteiger charge is 2.15. The van der Waals surface area contributed by atoms with Gasteiger partial charge in [0.2, 0.25) is 5.91 Å². The number of carbonyl (C=O) groups excluding carboxylic acids is 2. The summed E-state index contributed by atoms with van der Waals surface area (Å²) in [6, 6.07) is 8.85. The number of aromatic nitrogens is 1. The molecular weight excluding hydrogens is 286 g/mol. The number of fused-ring (bicyclic) bond motifs is 1. The number of thioether (sulfide) groups is 1. The molecule has 5 nitrogen and oxygen atoms in total. The van der Waals surface area contributed by atoms with Crippen LogP contribution in [0, 0.1) is 0 Å². The fourth-order valence-electron chi connectivity index (χ4n) is 2.00. The molecule has 0 saturated heterocycles. The van der Waals surface area contributed by atoms with Crippen LogP contribution in [0.5, 0.6) is 0 Å². The standard InChI is InChI=1S/C15H13N3O2S/c19-14-5-7-21-13-4-3-10(8-12(13)18-14)15(20)17-11-2-1-6-16-9-11/h1-4,6,8-9H,5,7H2,(H,17,20)(H,18,19). The summed E-state index contributed by atoms with van der Waals surface area (Å²) in [7, 11) is 0.